The molecule has 5 nitrogen and oxygen atoms in total. The minimum atomic E-state index is -0.417. The fourth-order valence-electron chi connectivity index (χ4n) is 0. The van der Waals surface area contributed by atoms with Crippen molar-refractivity contribution in [1.82, 2.24) is 0 Å². The first-order valence-electron chi connectivity index (χ1n) is 7.04. The Morgan fingerprint density at radius 2 is 0.476 bits per heavy atom. The van der Waals surface area contributed by atoms with Crippen LogP contribution in [0, 0.1) is 0 Å². The van der Waals surface area contributed by atoms with Gasteiger partial charge in [0, 0.05) is 50.6 Å². The Hall–Kier alpha value is 0.683. The van der Waals surface area contributed by atoms with E-state index in [-0.39, 0.29) is 50.6 Å². The Bertz CT molecular complexity index is 80.6. The first-order chi connectivity index (χ1) is 8.66. The Balaban J connectivity index is -0.0000000331. The van der Waals surface area contributed by atoms with E-state index in [1.165, 1.54) is 0 Å². The van der Waals surface area contributed by atoms with E-state index in [1.807, 2.05) is 0 Å². The first-order valence-corrected chi connectivity index (χ1v) is 7.04. The van der Waals surface area contributed by atoms with E-state index in [9.17, 15) is 5.11 Å². The Kier molecular flexibility index (Phi) is 58.5. The van der Waals surface area contributed by atoms with E-state index in [0.717, 1.165) is 0 Å². The molecule has 0 unspecified atom stereocenters. The van der Waals surface area contributed by atoms with Gasteiger partial charge in [0.1, 0.15) is 0 Å². The molecule has 0 aliphatic rings. The summed E-state index contributed by atoms with van der Waals surface area (Å²) in [4.78, 5) is 0. The molecule has 0 aromatic carbocycles. The Morgan fingerprint density at radius 1 is 0.476 bits per heavy atom. The van der Waals surface area contributed by atoms with Gasteiger partial charge in [-0.25, -0.2) is 0 Å². The van der Waals surface area contributed by atoms with Crippen molar-refractivity contribution in [3.63, 3.8) is 0 Å². The van der Waals surface area contributed by atoms with Crippen LogP contribution in [0.25, 0.3) is 0 Å². The van der Waals surface area contributed by atoms with E-state index in [1.54, 1.807) is 69.2 Å². The van der Waals surface area contributed by atoms with Gasteiger partial charge in [0.15, 0.2) is 0 Å². The molecule has 0 atom stereocenters. The molecular formula is C15H39O5Zr-. The van der Waals surface area contributed by atoms with Gasteiger partial charge in [0.05, 0.1) is 0 Å². The van der Waals surface area contributed by atoms with Crippen LogP contribution < -0.4 is 5.11 Å². The van der Waals surface area contributed by atoms with Crippen molar-refractivity contribution in [1.29, 1.82) is 0 Å². The Morgan fingerprint density at radius 3 is 0.476 bits per heavy atom. The first kappa shape index (κ1) is 37.7. The molecule has 4 N–H and O–H groups in total. The summed E-state index contributed by atoms with van der Waals surface area (Å²) in [5.74, 6) is 0. The van der Waals surface area contributed by atoms with E-state index in [0.29, 0.717) is 0 Å². The summed E-state index contributed by atoms with van der Waals surface area (Å²) in [6.07, 6.45) is -1.08. The van der Waals surface area contributed by atoms with Gasteiger partial charge in [-0.05, 0) is 55.4 Å². The normalized spacial score (nSPS) is 8.57. The molecule has 6 heteroatoms. The summed E-state index contributed by atoms with van der Waals surface area (Å²) in [5, 5.41) is 41.8. The minimum Gasteiger partial charge on any atom is -0.852 e. The predicted molar refractivity (Wildman–Crippen MR) is 84.6 cm³/mol. The minimum absolute atomic E-state index is 0. The van der Waals surface area contributed by atoms with Gasteiger partial charge < -0.3 is 25.5 Å². The fraction of sp³-hybridized carbons (Fsp3) is 1.00. The molecule has 134 valence electrons. The molecule has 0 spiro atoms. The average Bonchev–Trinajstić information content (AvgIpc) is 1.94. The molecule has 0 bridgehead atoms. The van der Waals surface area contributed by atoms with Crippen molar-refractivity contribution >= 4 is 0 Å². The van der Waals surface area contributed by atoms with Crippen LogP contribution in [0.5, 0.6) is 0 Å². The van der Waals surface area contributed by atoms with Crippen molar-refractivity contribution in [2.45, 2.75) is 99.8 Å². The summed E-state index contributed by atoms with van der Waals surface area (Å²) >= 11 is 0. The van der Waals surface area contributed by atoms with Gasteiger partial charge in [-0.3, -0.25) is 0 Å². The van der Waals surface area contributed by atoms with Crippen LogP contribution in [0.3, 0.4) is 0 Å². The van der Waals surface area contributed by atoms with E-state index >= 15 is 0 Å². The largest absolute Gasteiger partial charge is 0.852 e. The smallest absolute Gasteiger partial charge is 0.0483 e. The molecular weight excluding hydrogens is 351 g/mol. The molecule has 0 aliphatic carbocycles. The van der Waals surface area contributed by atoms with Crippen LogP contribution in [-0.4, -0.2) is 50.9 Å². The van der Waals surface area contributed by atoms with Gasteiger partial charge in [-0.1, -0.05) is 13.8 Å². The molecule has 0 aromatic heterocycles. The maximum atomic E-state index is 9.53. The molecule has 0 aliphatic heterocycles. The maximum Gasteiger partial charge on any atom is 0.0483 e. The van der Waals surface area contributed by atoms with Crippen LogP contribution in [0.15, 0.2) is 0 Å². The summed E-state index contributed by atoms with van der Waals surface area (Å²) in [5.41, 5.74) is 0. The SMILES string of the molecule is CC(C)O.CC(C)O.CC(C)O.CC(C)O.CC(C)[O-].[Zr]. The number of rotatable bonds is 0. The molecule has 0 rings (SSSR count). The van der Waals surface area contributed by atoms with Gasteiger partial charge in [0.2, 0.25) is 0 Å². The predicted octanol–water partition coefficient (Wildman–Crippen LogP) is 1.30. The number of aliphatic hydroxyl groups is 4. The van der Waals surface area contributed by atoms with Crippen LogP contribution in [0.4, 0.5) is 0 Å². The molecule has 0 fully saturated rings. The molecule has 0 heterocycles. The van der Waals surface area contributed by atoms with Crippen molar-refractivity contribution < 1.29 is 51.7 Å². The van der Waals surface area contributed by atoms with Crippen molar-refractivity contribution in [3.8, 4) is 0 Å². The summed E-state index contributed by atoms with van der Waals surface area (Å²) < 4.78 is 0. The summed E-state index contributed by atoms with van der Waals surface area (Å²) in [7, 11) is 0. The zero-order valence-corrected chi connectivity index (χ0v) is 18.0. The average molecular weight is 391 g/mol. The second-order valence-corrected chi connectivity index (χ2v) is 5.42. The summed E-state index contributed by atoms with van der Waals surface area (Å²) in [6, 6.07) is 0. The summed E-state index contributed by atoms with van der Waals surface area (Å²) in [6.45, 7) is 17.0. The molecule has 0 saturated carbocycles. The third-order valence-electron chi connectivity index (χ3n) is 0. The van der Waals surface area contributed by atoms with Crippen molar-refractivity contribution in [2.75, 3.05) is 0 Å². The zero-order chi connectivity index (χ0) is 17.9. The standard InChI is InChI=1S/4C3H8O.C3H7O.Zr/c5*1-3(2)4;/h4*3-4H,1-2H3;3H,1-2H3;/q;;;;-1;. The molecule has 21 heavy (non-hydrogen) atoms. The van der Waals surface area contributed by atoms with Crippen LogP contribution >= 0.6 is 0 Å². The third kappa shape index (κ3) is 15500. The number of hydrogen-bond donors (Lipinski definition) is 4. The zero-order valence-electron chi connectivity index (χ0n) is 15.6. The van der Waals surface area contributed by atoms with Gasteiger partial charge in [-0.2, -0.15) is 0 Å². The quantitative estimate of drug-likeness (QED) is 0.499. The van der Waals surface area contributed by atoms with E-state index in [4.69, 9.17) is 20.4 Å². The second-order valence-electron chi connectivity index (χ2n) is 5.42. The maximum absolute atomic E-state index is 9.53. The van der Waals surface area contributed by atoms with Gasteiger partial charge in [0.25, 0.3) is 0 Å². The topological polar surface area (TPSA) is 104 Å². The monoisotopic (exact) mass is 389 g/mol. The van der Waals surface area contributed by atoms with Gasteiger partial charge >= 0.3 is 0 Å². The number of aliphatic hydroxyl groups excluding tert-OH is 4. The Labute approximate surface area is 151 Å². The molecule has 0 radical (unpaired) electrons. The fourth-order valence-corrected chi connectivity index (χ4v) is 0. The van der Waals surface area contributed by atoms with Crippen LogP contribution in [0.1, 0.15) is 69.2 Å². The van der Waals surface area contributed by atoms with Crippen molar-refractivity contribution in [3.05, 3.63) is 0 Å². The molecule has 0 aromatic rings. The molecule has 0 amide bonds. The van der Waals surface area contributed by atoms with E-state index in [2.05, 4.69) is 0 Å². The van der Waals surface area contributed by atoms with E-state index < -0.39 is 6.10 Å². The van der Waals surface area contributed by atoms with Crippen molar-refractivity contribution in [2.24, 2.45) is 0 Å². The van der Waals surface area contributed by atoms with Gasteiger partial charge in [-0.15, -0.1) is 6.10 Å². The van der Waals surface area contributed by atoms with Crippen LogP contribution in [0.2, 0.25) is 0 Å². The third-order valence-corrected chi connectivity index (χ3v) is 0. The van der Waals surface area contributed by atoms with Crippen LogP contribution in [-0.2, 0) is 26.2 Å². The second kappa shape index (κ2) is 32.6. The molecule has 0 saturated heterocycles. The number of hydrogen-bond acceptors (Lipinski definition) is 5.